The maximum absolute atomic E-state index is 11.8. The summed E-state index contributed by atoms with van der Waals surface area (Å²) in [6, 6.07) is 6.85. The molecule has 113 valence electrons. The van der Waals surface area contributed by atoms with Crippen molar-refractivity contribution >= 4 is 18.0 Å². The first kappa shape index (κ1) is 17.0. The predicted molar refractivity (Wildman–Crippen MR) is 81.6 cm³/mol. The number of hydrogen-bond acceptors (Lipinski definition) is 4. The molecule has 1 rings (SSSR count). The van der Waals surface area contributed by atoms with Crippen LogP contribution in [0.5, 0.6) is 0 Å². The lowest BCUT2D eigenvalue weighted by atomic mass is 10.1. The van der Waals surface area contributed by atoms with Gasteiger partial charge in [-0.25, -0.2) is 9.59 Å². The normalized spacial score (nSPS) is 10.6. The van der Waals surface area contributed by atoms with Crippen LogP contribution in [0.3, 0.4) is 0 Å². The van der Waals surface area contributed by atoms with Crippen molar-refractivity contribution in [3.63, 3.8) is 0 Å². The highest BCUT2D eigenvalue weighted by atomic mass is 16.5. The van der Waals surface area contributed by atoms with E-state index in [1.165, 1.54) is 13.2 Å². The Morgan fingerprint density at radius 1 is 1.14 bits per heavy atom. The van der Waals surface area contributed by atoms with E-state index in [1.54, 1.807) is 30.3 Å². The summed E-state index contributed by atoms with van der Waals surface area (Å²) in [6.07, 6.45) is 6.80. The van der Waals surface area contributed by atoms with Crippen LogP contribution in [0.2, 0.25) is 0 Å². The number of benzene rings is 1. The summed E-state index contributed by atoms with van der Waals surface area (Å²) in [7, 11) is 1.32. The first-order valence-corrected chi connectivity index (χ1v) is 7.00. The number of unbranched alkanes of at least 4 members (excludes halogenated alkanes) is 3. The third-order valence-corrected chi connectivity index (χ3v) is 2.89. The molecule has 0 saturated carbocycles. The van der Waals surface area contributed by atoms with Gasteiger partial charge < -0.3 is 9.47 Å². The molecule has 21 heavy (non-hydrogen) atoms. The lowest BCUT2D eigenvalue weighted by Crippen LogP contribution is -2.06. The van der Waals surface area contributed by atoms with E-state index in [4.69, 9.17) is 4.74 Å². The van der Waals surface area contributed by atoms with E-state index >= 15 is 0 Å². The van der Waals surface area contributed by atoms with E-state index in [1.807, 2.05) is 0 Å². The highest BCUT2D eigenvalue weighted by Crippen LogP contribution is 2.08. The van der Waals surface area contributed by atoms with Crippen LogP contribution in [0.4, 0.5) is 0 Å². The van der Waals surface area contributed by atoms with Crippen molar-refractivity contribution < 1.29 is 19.1 Å². The fraction of sp³-hybridized carbons (Fsp3) is 0.353. The molecule has 0 saturated heterocycles. The zero-order valence-electron chi connectivity index (χ0n) is 12.3. The van der Waals surface area contributed by atoms with Crippen LogP contribution in [0.25, 0.3) is 6.08 Å². The minimum absolute atomic E-state index is 0.326. The molecule has 0 aliphatic heterocycles. The number of methoxy groups -OCH3 is 1. The molecule has 4 heteroatoms. The molecule has 0 aromatic heterocycles. The Morgan fingerprint density at radius 2 is 1.86 bits per heavy atom. The van der Waals surface area contributed by atoms with E-state index in [2.05, 4.69) is 11.7 Å². The lowest BCUT2D eigenvalue weighted by Gasteiger charge is -2.04. The molecule has 0 bridgehead atoms. The largest absolute Gasteiger partial charge is 0.466 e. The molecule has 0 aliphatic rings. The minimum atomic E-state index is -0.416. The molecule has 1 aromatic carbocycles. The van der Waals surface area contributed by atoms with Crippen molar-refractivity contribution in [2.45, 2.75) is 25.7 Å². The highest BCUT2D eigenvalue weighted by molar-refractivity contribution is 5.90. The van der Waals surface area contributed by atoms with E-state index < -0.39 is 5.97 Å². The molecule has 0 spiro atoms. The van der Waals surface area contributed by atoms with Crippen LogP contribution in [0.1, 0.15) is 41.6 Å². The van der Waals surface area contributed by atoms with E-state index in [-0.39, 0.29) is 5.97 Å². The van der Waals surface area contributed by atoms with Gasteiger partial charge in [-0.15, -0.1) is 0 Å². The summed E-state index contributed by atoms with van der Waals surface area (Å²) in [5.41, 5.74) is 1.31. The highest BCUT2D eigenvalue weighted by Gasteiger charge is 2.06. The number of esters is 2. The van der Waals surface area contributed by atoms with Gasteiger partial charge in [-0.05, 0) is 30.2 Å². The number of ether oxygens (including phenoxy) is 2. The van der Waals surface area contributed by atoms with Gasteiger partial charge in [0.25, 0.3) is 0 Å². The smallest absolute Gasteiger partial charge is 0.338 e. The van der Waals surface area contributed by atoms with Crippen molar-refractivity contribution in [1.29, 1.82) is 0 Å². The van der Waals surface area contributed by atoms with Crippen molar-refractivity contribution in [2.75, 3.05) is 13.7 Å². The second-order valence-electron chi connectivity index (χ2n) is 4.53. The zero-order chi connectivity index (χ0) is 15.5. The summed E-state index contributed by atoms with van der Waals surface area (Å²) < 4.78 is 9.68. The standard InChI is InChI=1S/C17H21O4/c1-3-4-5-6-13-21-17(19)15-10-7-14(8-11-15)9-12-16(18)20-2/h7-12H,1,3-6,13H2,2H3/b12-9+. The van der Waals surface area contributed by atoms with E-state index in [0.29, 0.717) is 12.2 Å². The number of rotatable bonds is 8. The van der Waals surface area contributed by atoms with Gasteiger partial charge in [0.2, 0.25) is 0 Å². The van der Waals surface area contributed by atoms with Gasteiger partial charge in [-0.1, -0.05) is 38.3 Å². The molecule has 0 amide bonds. The van der Waals surface area contributed by atoms with Gasteiger partial charge in [0, 0.05) is 6.08 Å². The molecule has 0 atom stereocenters. The summed E-state index contributed by atoms with van der Waals surface area (Å²) >= 11 is 0. The minimum Gasteiger partial charge on any atom is -0.466 e. The van der Waals surface area contributed by atoms with Gasteiger partial charge in [0.05, 0.1) is 19.3 Å². The van der Waals surface area contributed by atoms with Crippen LogP contribution in [0, 0.1) is 6.92 Å². The third-order valence-electron chi connectivity index (χ3n) is 2.89. The summed E-state index contributed by atoms with van der Waals surface area (Å²) in [5.74, 6) is -0.742. The fourth-order valence-corrected chi connectivity index (χ4v) is 1.67. The number of carbonyl (C=O) groups is 2. The van der Waals surface area contributed by atoms with E-state index in [0.717, 1.165) is 31.2 Å². The fourth-order valence-electron chi connectivity index (χ4n) is 1.67. The zero-order valence-corrected chi connectivity index (χ0v) is 12.3. The maximum Gasteiger partial charge on any atom is 0.338 e. The Kier molecular flexibility index (Phi) is 7.87. The Bertz CT molecular complexity index is 474. The first-order valence-electron chi connectivity index (χ1n) is 7.00. The first-order chi connectivity index (χ1) is 10.2. The monoisotopic (exact) mass is 289 g/mol. The van der Waals surface area contributed by atoms with Crippen LogP contribution < -0.4 is 0 Å². The molecule has 4 nitrogen and oxygen atoms in total. The topological polar surface area (TPSA) is 52.6 Å². The summed E-state index contributed by atoms with van der Waals surface area (Å²) in [6.45, 7) is 4.20. The van der Waals surface area contributed by atoms with E-state index in [9.17, 15) is 9.59 Å². The Hall–Kier alpha value is -2.10. The molecule has 1 aromatic rings. The lowest BCUT2D eigenvalue weighted by molar-refractivity contribution is -0.134. The Balaban J connectivity index is 2.44. The molecular formula is C17H21O4. The van der Waals surface area contributed by atoms with Gasteiger partial charge in [-0.3, -0.25) is 0 Å². The summed E-state index contributed by atoms with van der Waals surface area (Å²) in [4.78, 5) is 22.7. The van der Waals surface area contributed by atoms with Crippen LogP contribution in [0.15, 0.2) is 30.3 Å². The van der Waals surface area contributed by atoms with Crippen molar-refractivity contribution in [2.24, 2.45) is 0 Å². The molecule has 1 radical (unpaired) electrons. The Morgan fingerprint density at radius 3 is 2.48 bits per heavy atom. The van der Waals surface area contributed by atoms with Gasteiger partial charge in [0.15, 0.2) is 0 Å². The molecule has 0 aliphatic carbocycles. The SMILES string of the molecule is [CH2]CCCCCOC(=O)c1ccc(/C=C/C(=O)OC)cc1. The van der Waals surface area contributed by atoms with Crippen molar-refractivity contribution in [3.8, 4) is 0 Å². The quantitative estimate of drug-likeness (QED) is 0.418. The predicted octanol–water partition coefficient (Wildman–Crippen LogP) is 3.42. The number of hydrogen-bond donors (Lipinski definition) is 0. The van der Waals surface area contributed by atoms with Gasteiger partial charge in [0.1, 0.15) is 0 Å². The van der Waals surface area contributed by atoms with Crippen molar-refractivity contribution in [3.05, 3.63) is 48.4 Å². The molecule has 0 unspecified atom stereocenters. The van der Waals surface area contributed by atoms with Crippen molar-refractivity contribution in [1.82, 2.24) is 0 Å². The number of carbonyl (C=O) groups excluding carboxylic acids is 2. The third kappa shape index (κ3) is 6.75. The maximum atomic E-state index is 11.8. The summed E-state index contributed by atoms with van der Waals surface area (Å²) in [5, 5.41) is 0. The second kappa shape index (κ2) is 9.75. The average molecular weight is 289 g/mol. The average Bonchev–Trinajstić information content (AvgIpc) is 2.52. The molecule has 0 heterocycles. The van der Waals surface area contributed by atoms with Crippen LogP contribution in [-0.4, -0.2) is 25.7 Å². The van der Waals surface area contributed by atoms with Gasteiger partial charge in [-0.2, -0.15) is 0 Å². The molecular weight excluding hydrogens is 268 g/mol. The second-order valence-corrected chi connectivity index (χ2v) is 4.53. The van der Waals surface area contributed by atoms with Gasteiger partial charge >= 0.3 is 11.9 Å². The molecule has 0 N–H and O–H groups in total. The Labute approximate surface area is 125 Å². The molecule has 0 fully saturated rings. The van der Waals surface area contributed by atoms with Crippen LogP contribution >= 0.6 is 0 Å². The van der Waals surface area contributed by atoms with Crippen LogP contribution in [-0.2, 0) is 14.3 Å².